The molecule has 3 aromatic rings. The summed E-state index contributed by atoms with van der Waals surface area (Å²) < 4.78 is 0. The van der Waals surface area contributed by atoms with Gasteiger partial charge in [-0.25, -0.2) is 0 Å². The van der Waals surface area contributed by atoms with Gasteiger partial charge in [-0.3, -0.25) is 9.79 Å². The zero-order valence-corrected chi connectivity index (χ0v) is 20.0. The van der Waals surface area contributed by atoms with Gasteiger partial charge >= 0.3 is 0 Å². The third-order valence-corrected chi connectivity index (χ3v) is 7.79. The normalized spacial score (nSPS) is 15.6. The van der Waals surface area contributed by atoms with Gasteiger partial charge in [0.05, 0.1) is 11.4 Å². The van der Waals surface area contributed by atoms with Crippen LogP contribution in [0.5, 0.6) is 11.5 Å². The van der Waals surface area contributed by atoms with Crippen LogP contribution in [-0.4, -0.2) is 33.8 Å². The van der Waals surface area contributed by atoms with Gasteiger partial charge in [0.25, 0.3) is 5.91 Å². The van der Waals surface area contributed by atoms with Crippen LogP contribution < -0.4 is 0 Å². The van der Waals surface area contributed by atoms with E-state index in [1.54, 1.807) is 29.8 Å². The molecule has 1 saturated carbocycles. The molecule has 3 aromatic carbocycles. The topological polar surface area (TPSA) is 73.1 Å². The van der Waals surface area contributed by atoms with Crippen molar-refractivity contribution in [1.29, 1.82) is 0 Å². The number of phenols is 2. The highest BCUT2D eigenvalue weighted by Gasteiger charge is 2.26. The lowest BCUT2D eigenvalue weighted by molar-refractivity contribution is 0.0784. The van der Waals surface area contributed by atoms with Gasteiger partial charge in [0.1, 0.15) is 11.5 Å². The summed E-state index contributed by atoms with van der Waals surface area (Å²) >= 11 is 1.71. The number of phenolic OH excluding ortho intramolecular Hbond substituents is 2. The maximum atomic E-state index is 13.2. The lowest BCUT2D eigenvalue weighted by atomic mass is 9.83. The van der Waals surface area contributed by atoms with Crippen LogP contribution in [0.2, 0.25) is 0 Å². The van der Waals surface area contributed by atoms with E-state index in [1.807, 2.05) is 18.2 Å². The second-order valence-electron chi connectivity index (χ2n) is 9.09. The molecular weight excluding hydrogens is 444 g/mol. The number of aliphatic imine (C=N–C) groups is 1. The number of aromatic hydroxyl groups is 2. The van der Waals surface area contributed by atoms with Gasteiger partial charge in [0, 0.05) is 52.1 Å². The van der Waals surface area contributed by atoms with Crippen molar-refractivity contribution in [1.82, 2.24) is 4.90 Å². The van der Waals surface area contributed by atoms with Crippen LogP contribution in [0, 0.1) is 5.92 Å². The number of fused-ring (bicyclic) bond motifs is 2. The average molecular weight is 473 g/mol. The first-order valence-electron chi connectivity index (χ1n) is 11.8. The van der Waals surface area contributed by atoms with Crippen molar-refractivity contribution < 1.29 is 15.0 Å². The number of carbonyl (C=O) groups is 1. The number of rotatable bonds is 4. The highest BCUT2D eigenvalue weighted by molar-refractivity contribution is 7.99. The molecule has 6 heteroatoms. The molecule has 1 aliphatic heterocycles. The molecular formula is C28H28N2O3S. The van der Waals surface area contributed by atoms with Crippen molar-refractivity contribution in [3.05, 3.63) is 77.4 Å². The van der Waals surface area contributed by atoms with E-state index in [0.717, 1.165) is 29.1 Å². The third-order valence-electron chi connectivity index (χ3n) is 6.64. The quantitative estimate of drug-likeness (QED) is 0.452. The Labute approximate surface area is 204 Å². The number of nitrogens with zero attached hydrogens (tertiary/aromatic N) is 2. The Morgan fingerprint density at radius 1 is 1.00 bits per heavy atom. The fraction of sp³-hybridized carbons (Fsp3) is 0.286. The third kappa shape index (κ3) is 4.55. The van der Waals surface area contributed by atoms with Gasteiger partial charge in [-0.1, -0.05) is 49.2 Å². The van der Waals surface area contributed by atoms with Crippen molar-refractivity contribution in [2.45, 2.75) is 48.4 Å². The Morgan fingerprint density at radius 2 is 1.79 bits per heavy atom. The zero-order valence-electron chi connectivity index (χ0n) is 19.2. The molecule has 1 fully saturated rings. The van der Waals surface area contributed by atoms with E-state index in [4.69, 9.17) is 4.99 Å². The van der Waals surface area contributed by atoms with Crippen LogP contribution in [0.15, 0.2) is 75.4 Å². The highest BCUT2D eigenvalue weighted by Crippen LogP contribution is 2.43. The molecule has 0 spiro atoms. The van der Waals surface area contributed by atoms with Crippen LogP contribution in [0.1, 0.15) is 53.6 Å². The first-order chi connectivity index (χ1) is 16.5. The summed E-state index contributed by atoms with van der Waals surface area (Å²) in [6, 6.07) is 18.6. The summed E-state index contributed by atoms with van der Waals surface area (Å²) in [5.74, 6) is 0.265. The summed E-state index contributed by atoms with van der Waals surface area (Å²) in [6.45, 7) is 0.235. The molecule has 0 aromatic heterocycles. The molecule has 174 valence electrons. The summed E-state index contributed by atoms with van der Waals surface area (Å²) in [5, 5.41) is 19.6. The van der Waals surface area contributed by atoms with Crippen molar-refractivity contribution >= 4 is 29.1 Å². The van der Waals surface area contributed by atoms with Gasteiger partial charge in [-0.05, 0) is 49.2 Å². The second kappa shape index (κ2) is 9.55. The first kappa shape index (κ1) is 22.5. The number of hydrogen-bond donors (Lipinski definition) is 2. The van der Waals surface area contributed by atoms with Crippen molar-refractivity contribution in [3.8, 4) is 11.5 Å². The number of amides is 1. The lowest BCUT2D eigenvalue weighted by Crippen LogP contribution is -2.26. The molecule has 1 heterocycles. The van der Waals surface area contributed by atoms with Crippen LogP contribution in [0.25, 0.3) is 0 Å². The first-order valence-corrected chi connectivity index (χ1v) is 12.6. The predicted molar refractivity (Wildman–Crippen MR) is 135 cm³/mol. The van der Waals surface area contributed by atoms with Crippen molar-refractivity contribution in [3.63, 3.8) is 0 Å². The van der Waals surface area contributed by atoms with E-state index in [1.165, 1.54) is 41.9 Å². The second-order valence-corrected chi connectivity index (χ2v) is 10.2. The zero-order chi connectivity index (χ0) is 23.7. The summed E-state index contributed by atoms with van der Waals surface area (Å²) in [5.41, 5.74) is 4.34. The van der Waals surface area contributed by atoms with E-state index in [0.29, 0.717) is 17.0 Å². The average Bonchev–Trinajstić information content (AvgIpc) is 3.02. The van der Waals surface area contributed by atoms with Gasteiger partial charge in [-0.15, -0.1) is 0 Å². The molecule has 0 radical (unpaired) electrons. The Kier molecular flexibility index (Phi) is 6.33. The molecule has 5 rings (SSSR count). The molecule has 5 nitrogen and oxygen atoms in total. The smallest absolute Gasteiger partial charge is 0.253 e. The fourth-order valence-electron chi connectivity index (χ4n) is 4.82. The van der Waals surface area contributed by atoms with Gasteiger partial charge in [0.2, 0.25) is 0 Å². The Hall–Kier alpha value is -3.25. The van der Waals surface area contributed by atoms with Crippen LogP contribution >= 0.6 is 11.8 Å². The number of hydrogen-bond acceptors (Lipinski definition) is 5. The van der Waals surface area contributed by atoms with E-state index < -0.39 is 0 Å². The fourth-order valence-corrected chi connectivity index (χ4v) is 5.83. The molecule has 0 saturated heterocycles. The Balaban J connectivity index is 1.47. The maximum Gasteiger partial charge on any atom is 0.253 e. The SMILES string of the molecule is CN(Cc1ccc(O)cc1O)C(=O)c1ccc2c(c1)N=C(C1CCCCC1)c1ccccc1S2. The van der Waals surface area contributed by atoms with E-state index in [-0.39, 0.29) is 24.0 Å². The Morgan fingerprint density at radius 3 is 2.59 bits per heavy atom. The molecule has 0 unspecified atom stereocenters. The van der Waals surface area contributed by atoms with Crippen LogP contribution in [-0.2, 0) is 6.54 Å². The van der Waals surface area contributed by atoms with E-state index in [9.17, 15) is 15.0 Å². The molecule has 1 aliphatic carbocycles. The summed E-state index contributed by atoms with van der Waals surface area (Å²) in [4.78, 5) is 22.2. The molecule has 34 heavy (non-hydrogen) atoms. The van der Waals surface area contributed by atoms with Crippen molar-refractivity contribution in [2.75, 3.05) is 7.05 Å². The van der Waals surface area contributed by atoms with Crippen molar-refractivity contribution in [2.24, 2.45) is 10.9 Å². The Bertz CT molecular complexity index is 1260. The monoisotopic (exact) mass is 472 g/mol. The van der Waals surface area contributed by atoms with Gasteiger partial charge < -0.3 is 15.1 Å². The summed E-state index contributed by atoms with van der Waals surface area (Å²) in [7, 11) is 1.71. The van der Waals surface area contributed by atoms with Crippen LogP contribution in [0.4, 0.5) is 5.69 Å². The minimum absolute atomic E-state index is 0.00823. The van der Waals surface area contributed by atoms with Crippen LogP contribution in [0.3, 0.4) is 0 Å². The molecule has 2 N–H and O–H groups in total. The van der Waals surface area contributed by atoms with Gasteiger partial charge in [0.15, 0.2) is 0 Å². The predicted octanol–water partition coefficient (Wildman–Crippen LogP) is 6.54. The standard InChI is InChI=1S/C28H28N2O3S/c1-30(17-20-11-13-21(31)16-24(20)32)28(33)19-12-14-26-23(15-19)29-27(18-7-3-2-4-8-18)22-9-5-6-10-25(22)34-26/h5-6,9-16,18,31-32H,2-4,7-8,17H2,1H3. The largest absolute Gasteiger partial charge is 0.508 e. The van der Waals surface area contributed by atoms with Gasteiger partial charge in [-0.2, -0.15) is 0 Å². The molecule has 2 aliphatic rings. The minimum atomic E-state index is -0.142. The number of carbonyl (C=O) groups excluding carboxylic acids is 1. The molecule has 0 atom stereocenters. The maximum absolute atomic E-state index is 13.2. The lowest BCUT2D eigenvalue weighted by Gasteiger charge is -2.24. The van der Waals surface area contributed by atoms with E-state index >= 15 is 0 Å². The molecule has 0 bridgehead atoms. The minimum Gasteiger partial charge on any atom is -0.508 e. The molecule has 1 amide bonds. The highest BCUT2D eigenvalue weighted by atomic mass is 32.2. The van der Waals surface area contributed by atoms with E-state index in [2.05, 4.69) is 24.3 Å². The summed E-state index contributed by atoms with van der Waals surface area (Å²) in [6.07, 6.45) is 6.08. The number of benzene rings is 3.